The van der Waals surface area contributed by atoms with Crippen molar-refractivity contribution >= 4 is 23.4 Å². The molecular weight excluding hydrogens is 240 g/mol. The number of halogens is 1. The van der Waals surface area contributed by atoms with Crippen molar-refractivity contribution in [1.29, 1.82) is 0 Å². The first-order valence-electron chi connectivity index (χ1n) is 5.44. The lowest BCUT2D eigenvalue weighted by Crippen LogP contribution is -1.87. The standard InChI is InChI=1S/C13H17ClOS/c1-3-4-9-16-10-13(14)15-12-7-5-11(2)6-8-12/h5-8,10H,3-4,9H2,1-2H3/b13-10-. The molecule has 1 aromatic rings. The minimum atomic E-state index is 0.435. The van der Waals surface area contributed by atoms with Gasteiger partial charge in [-0.25, -0.2) is 0 Å². The molecule has 0 aliphatic heterocycles. The molecule has 1 aromatic carbocycles. The third-order valence-corrected chi connectivity index (χ3v) is 3.25. The Hall–Kier alpha value is -0.600. The number of unbranched alkanes of at least 4 members (excludes halogenated alkanes) is 1. The smallest absolute Gasteiger partial charge is 0.200 e. The SMILES string of the molecule is CCCCS/C=C(/Cl)Oc1ccc(C)cc1. The third kappa shape index (κ3) is 5.47. The van der Waals surface area contributed by atoms with Gasteiger partial charge in [0.1, 0.15) is 5.75 Å². The molecule has 0 saturated heterocycles. The summed E-state index contributed by atoms with van der Waals surface area (Å²) in [5.41, 5.74) is 1.21. The number of aryl methyl sites for hydroxylation is 1. The van der Waals surface area contributed by atoms with Crippen molar-refractivity contribution in [3.05, 3.63) is 40.5 Å². The van der Waals surface area contributed by atoms with Crippen molar-refractivity contribution in [2.24, 2.45) is 0 Å². The predicted molar refractivity (Wildman–Crippen MR) is 73.1 cm³/mol. The van der Waals surface area contributed by atoms with Crippen LogP contribution in [0.5, 0.6) is 5.75 Å². The minimum absolute atomic E-state index is 0.435. The van der Waals surface area contributed by atoms with Crippen LogP contribution in [0, 0.1) is 6.92 Å². The van der Waals surface area contributed by atoms with Gasteiger partial charge in [-0.2, -0.15) is 0 Å². The van der Waals surface area contributed by atoms with E-state index in [-0.39, 0.29) is 0 Å². The molecule has 16 heavy (non-hydrogen) atoms. The number of hydrogen-bond acceptors (Lipinski definition) is 2. The Labute approximate surface area is 107 Å². The maximum absolute atomic E-state index is 5.95. The Bertz CT molecular complexity index is 332. The van der Waals surface area contributed by atoms with Crippen LogP contribution in [0.4, 0.5) is 0 Å². The molecule has 0 atom stereocenters. The number of hydrogen-bond donors (Lipinski definition) is 0. The van der Waals surface area contributed by atoms with E-state index in [1.165, 1.54) is 18.4 Å². The van der Waals surface area contributed by atoms with Crippen LogP contribution in [0.25, 0.3) is 0 Å². The summed E-state index contributed by atoms with van der Waals surface area (Å²) >= 11 is 7.64. The van der Waals surface area contributed by atoms with Crippen LogP contribution < -0.4 is 4.74 Å². The van der Waals surface area contributed by atoms with Gasteiger partial charge in [0, 0.05) is 5.41 Å². The van der Waals surface area contributed by atoms with Crippen LogP contribution in [0.15, 0.2) is 34.9 Å². The highest BCUT2D eigenvalue weighted by Crippen LogP contribution is 2.19. The lowest BCUT2D eigenvalue weighted by molar-refractivity contribution is 0.464. The van der Waals surface area contributed by atoms with Crippen LogP contribution in [0.3, 0.4) is 0 Å². The zero-order valence-corrected chi connectivity index (χ0v) is 11.3. The summed E-state index contributed by atoms with van der Waals surface area (Å²) in [5, 5.41) is 2.29. The van der Waals surface area contributed by atoms with Crippen molar-refractivity contribution < 1.29 is 4.74 Å². The fourth-order valence-electron chi connectivity index (χ4n) is 1.10. The maximum atomic E-state index is 5.95. The molecule has 0 N–H and O–H groups in total. The Balaban J connectivity index is 2.38. The maximum Gasteiger partial charge on any atom is 0.200 e. The van der Waals surface area contributed by atoms with E-state index in [1.54, 1.807) is 11.8 Å². The molecule has 1 rings (SSSR count). The molecule has 0 unspecified atom stereocenters. The predicted octanol–water partition coefficient (Wildman–Crippen LogP) is 4.94. The van der Waals surface area contributed by atoms with Crippen LogP contribution in [-0.4, -0.2) is 5.75 Å². The van der Waals surface area contributed by atoms with Crippen LogP contribution >= 0.6 is 23.4 Å². The highest BCUT2D eigenvalue weighted by molar-refractivity contribution is 8.02. The van der Waals surface area contributed by atoms with Gasteiger partial charge < -0.3 is 4.74 Å². The first-order chi connectivity index (χ1) is 7.72. The summed E-state index contributed by atoms with van der Waals surface area (Å²) in [6.45, 7) is 4.22. The number of benzene rings is 1. The summed E-state index contributed by atoms with van der Waals surface area (Å²) in [6, 6.07) is 7.85. The average Bonchev–Trinajstić information content (AvgIpc) is 2.28. The normalized spacial score (nSPS) is 11.6. The van der Waals surface area contributed by atoms with Gasteiger partial charge in [0.05, 0.1) is 0 Å². The Morgan fingerprint density at radius 1 is 1.38 bits per heavy atom. The summed E-state index contributed by atoms with van der Waals surface area (Å²) in [5.74, 6) is 1.87. The summed E-state index contributed by atoms with van der Waals surface area (Å²) in [4.78, 5) is 0. The molecule has 0 aliphatic rings. The van der Waals surface area contributed by atoms with Crippen LogP contribution in [-0.2, 0) is 0 Å². The van der Waals surface area contributed by atoms with Crippen molar-refractivity contribution in [3.63, 3.8) is 0 Å². The molecular formula is C13H17ClOS. The van der Waals surface area contributed by atoms with E-state index < -0.39 is 0 Å². The van der Waals surface area contributed by atoms with Crippen molar-refractivity contribution in [2.75, 3.05) is 5.75 Å². The van der Waals surface area contributed by atoms with Crippen LogP contribution in [0.1, 0.15) is 25.3 Å². The van der Waals surface area contributed by atoms with Crippen molar-refractivity contribution in [3.8, 4) is 5.75 Å². The second kappa shape index (κ2) is 7.64. The van der Waals surface area contributed by atoms with Gasteiger partial charge in [-0.3, -0.25) is 0 Å². The monoisotopic (exact) mass is 256 g/mol. The lowest BCUT2D eigenvalue weighted by Gasteiger charge is -2.03. The molecule has 0 radical (unpaired) electrons. The topological polar surface area (TPSA) is 9.23 Å². The summed E-state index contributed by atoms with van der Waals surface area (Å²) < 4.78 is 5.46. The van der Waals surface area contributed by atoms with E-state index in [0.29, 0.717) is 5.22 Å². The molecule has 0 amide bonds. The fraction of sp³-hybridized carbons (Fsp3) is 0.385. The highest BCUT2D eigenvalue weighted by atomic mass is 35.5. The van der Waals surface area contributed by atoms with Crippen molar-refractivity contribution in [1.82, 2.24) is 0 Å². The summed E-state index contributed by atoms with van der Waals surface area (Å²) in [6.07, 6.45) is 2.41. The number of ether oxygens (including phenoxy) is 1. The lowest BCUT2D eigenvalue weighted by atomic mass is 10.2. The molecule has 88 valence electrons. The Morgan fingerprint density at radius 2 is 2.06 bits per heavy atom. The van der Waals surface area contributed by atoms with Gasteiger partial charge in [0.15, 0.2) is 5.22 Å². The van der Waals surface area contributed by atoms with E-state index in [9.17, 15) is 0 Å². The van der Waals surface area contributed by atoms with E-state index >= 15 is 0 Å². The summed E-state index contributed by atoms with van der Waals surface area (Å²) in [7, 11) is 0. The Kier molecular flexibility index (Phi) is 6.43. The van der Waals surface area contributed by atoms with E-state index in [4.69, 9.17) is 16.3 Å². The Morgan fingerprint density at radius 3 is 2.69 bits per heavy atom. The van der Waals surface area contributed by atoms with Gasteiger partial charge in [-0.05, 0) is 42.8 Å². The second-order valence-corrected chi connectivity index (χ2v) is 4.91. The molecule has 0 spiro atoms. The molecule has 0 heterocycles. The third-order valence-electron chi connectivity index (χ3n) is 2.03. The van der Waals surface area contributed by atoms with Gasteiger partial charge in [-0.15, -0.1) is 11.8 Å². The number of rotatable bonds is 6. The van der Waals surface area contributed by atoms with Gasteiger partial charge in [0.2, 0.25) is 0 Å². The quantitative estimate of drug-likeness (QED) is 0.526. The molecule has 1 nitrogen and oxygen atoms in total. The van der Waals surface area contributed by atoms with Gasteiger partial charge in [-0.1, -0.05) is 31.0 Å². The van der Waals surface area contributed by atoms with Gasteiger partial charge in [0.25, 0.3) is 0 Å². The molecule has 3 heteroatoms. The second-order valence-electron chi connectivity index (χ2n) is 3.56. The highest BCUT2D eigenvalue weighted by Gasteiger charge is 1.96. The van der Waals surface area contributed by atoms with Gasteiger partial charge >= 0.3 is 0 Å². The molecule has 0 fully saturated rings. The zero-order chi connectivity index (χ0) is 11.8. The first-order valence-corrected chi connectivity index (χ1v) is 6.87. The fourth-order valence-corrected chi connectivity index (χ4v) is 2.13. The largest absolute Gasteiger partial charge is 0.445 e. The van der Waals surface area contributed by atoms with Crippen LogP contribution in [0.2, 0.25) is 0 Å². The zero-order valence-electron chi connectivity index (χ0n) is 9.70. The van der Waals surface area contributed by atoms with E-state index in [1.807, 2.05) is 36.6 Å². The minimum Gasteiger partial charge on any atom is -0.445 e. The first kappa shape index (κ1) is 13.5. The molecule has 0 saturated carbocycles. The molecule has 0 aromatic heterocycles. The van der Waals surface area contributed by atoms with E-state index in [2.05, 4.69) is 6.92 Å². The number of thioether (sulfide) groups is 1. The molecule has 0 aliphatic carbocycles. The van der Waals surface area contributed by atoms with Crippen molar-refractivity contribution in [2.45, 2.75) is 26.7 Å². The average molecular weight is 257 g/mol. The molecule has 0 bridgehead atoms. The van der Waals surface area contributed by atoms with E-state index in [0.717, 1.165) is 11.5 Å².